The Hall–Kier alpha value is -3.74. The van der Waals surface area contributed by atoms with Crippen LogP contribution in [0.3, 0.4) is 0 Å². The van der Waals surface area contributed by atoms with Gasteiger partial charge < -0.3 is 15.0 Å². The van der Waals surface area contributed by atoms with E-state index in [0.29, 0.717) is 30.0 Å². The number of hydrogen-bond acceptors (Lipinski definition) is 4. The second-order valence-electron chi connectivity index (χ2n) is 6.21. The molecule has 0 bridgehead atoms. The van der Waals surface area contributed by atoms with E-state index in [1.165, 1.54) is 12.1 Å². The minimum Gasteiger partial charge on any atom is -0.457 e. The van der Waals surface area contributed by atoms with Crippen LogP contribution in [0.2, 0.25) is 0 Å². The molecule has 0 aliphatic heterocycles. The number of aromatic nitrogens is 3. The lowest BCUT2D eigenvalue weighted by atomic mass is 10.1. The van der Waals surface area contributed by atoms with Gasteiger partial charge in [-0.1, -0.05) is 0 Å². The first kappa shape index (κ1) is 17.7. The summed E-state index contributed by atoms with van der Waals surface area (Å²) in [5.41, 5.74) is 1.56. The Morgan fingerprint density at radius 1 is 1.04 bits per heavy atom. The number of pyridine rings is 1. The number of carbonyl (C=O) groups excluding carboxylic acids is 1. The first-order valence-electron chi connectivity index (χ1n) is 8.76. The monoisotopic (exact) mass is 376 g/mol. The van der Waals surface area contributed by atoms with E-state index in [-0.39, 0.29) is 11.7 Å². The van der Waals surface area contributed by atoms with Crippen molar-refractivity contribution in [2.45, 2.75) is 12.8 Å². The lowest BCUT2D eigenvalue weighted by Gasteiger charge is -2.13. The third kappa shape index (κ3) is 3.98. The molecule has 0 aliphatic carbocycles. The van der Waals surface area contributed by atoms with E-state index in [1.807, 2.05) is 6.07 Å². The van der Waals surface area contributed by atoms with E-state index in [1.54, 1.807) is 49.2 Å². The molecule has 0 unspecified atom stereocenters. The van der Waals surface area contributed by atoms with Gasteiger partial charge in [-0.3, -0.25) is 9.78 Å². The van der Waals surface area contributed by atoms with Gasteiger partial charge in [0.15, 0.2) is 0 Å². The molecule has 140 valence electrons. The van der Waals surface area contributed by atoms with Gasteiger partial charge in [0, 0.05) is 41.5 Å². The number of halogens is 1. The number of anilines is 1. The van der Waals surface area contributed by atoms with E-state index in [9.17, 15) is 9.18 Å². The number of nitrogens with one attached hydrogen (secondary N) is 2. The van der Waals surface area contributed by atoms with Crippen LogP contribution < -0.4 is 10.1 Å². The molecular weight excluding hydrogens is 359 g/mol. The predicted octanol–water partition coefficient (Wildman–Crippen LogP) is 4.46. The number of ether oxygens (including phenoxy) is 1. The fraction of sp³-hybridized carbons (Fsp3) is 0.0952. The van der Waals surface area contributed by atoms with Crippen molar-refractivity contribution < 1.29 is 13.9 Å². The molecule has 28 heavy (non-hydrogen) atoms. The van der Waals surface area contributed by atoms with Crippen molar-refractivity contribution in [2.24, 2.45) is 0 Å². The van der Waals surface area contributed by atoms with E-state index in [2.05, 4.69) is 20.3 Å². The molecule has 7 heteroatoms. The van der Waals surface area contributed by atoms with Gasteiger partial charge in [-0.25, -0.2) is 9.37 Å². The topological polar surface area (TPSA) is 79.9 Å². The fourth-order valence-corrected chi connectivity index (χ4v) is 2.87. The SMILES string of the molecule is O=C(CCc1cnc[nH]1)Nc1ccc(Oc2ccc(F)cc2)c2ccncc12. The van der Waals surface area contributed by atoms with Crippen molar-refractivity contribution in [3.8, 4) is 11.5 Å². The van der Waals surface area contributed by atoms with Crippen molar-refractivity contribution in [3.63, 3.8) is 0 Å². The second kappa shape index (κ2) is 7.87. The summed E-state index contributed by atoms with van der Waals surface area (Å²) in [5, 5.41) is 4.49. The first-order chi connectivity index (χ1) is 13.7. The van der Waals surface area contributed by atoms with Gasteiger partial charge in [-0.05, 0) is 48.9 Å². The zero-order chi connectivity index (χ0) is 19.3. The van der Waals surface area contributed by atoms with Gasteiger partial charge in [0.05, 0.1) is 12.0 Å². The maximum absolute atomic E-state index is 13.1. The van der Waals surface area contributed by atoms with Crippen LogP contribution >= 0.6 is 0 Å². The number of imidazole rings is 1. The van der Waals surface area contributed by atoms with Gasteiger partial charge in [-0.2, -0.15) is 0 Å². The van der Waals surface area contributed by atoms with Gasteiger partial charge in [0.1, 0.15) is 17.3 Å². The summed E-state index contributed by atoms with van der Waals surface area (Å²) >= 11 is 0. The number of benzene rings is 2. The van der Waals surface area contributed by atoms with Crippen LogP contribution in [0.5, 0.6) is 11.5 Å². The average molecular weight is 376 g/mol. The van der Waals surface area contributed by atoms with Crippen LogP contribution in [0, 0.1) is 5.82 Å². The normalized spacial score (nSPS) is 10.8. The number of hydrogen-bond donors (Lipinski definition) is 2. The van der Waals surface area contributed by atoms with Gasteiger partial charge >= 0.3 is 0 Å². The van der Waals surface area contributed by atoms with Crippen molar-refractivity contribution in [3.05, 3.63) is 78.9 Å². The number of nitrogens with zero attached hydrogens (tertiary/aromatic N) is 2. The Balaban J connectivity index is 1.55. The van der Waals surface area contributed by atoms with E-state index >= 15 is 0 Å². The fourth-order valence-electron chi connectivity index (χ4n) is 2.87. The minimum absolute atomic E-state index is 0.105. The quantitative estimate of drug-likeness (QED) is 0.521. The molecule has 0 aliphatic rings. The molecule has 0 atom stereocenters. The number of aromatic amines is 1. The predicted molar refractivity (Wildman–Crippen MR) is 104 cm³/mol. The molecule has 2 aromatic heterocycles. The van der Waals surface area contributed by atoms with Crippen LogP contribution in [0.15, 0.2) is 67.4 Å². The molecule has 2 aromatic carbocycles. The number of rotatable bonds is 6. The standard InChI is InChI=1S/C21H17FN4O2/c22-14-1-4-16(5-2-14)28-20-7-6-19(18-12-23-10-9-17(18)20)26-21(27)8-3-15-11-24-13-25-15/h1-2,4-7,9-13H,3,8H2,(H,24,25)(H,26,27). The number of amides is 1. The highest BCUT2D eigenvalue weighted by Crippen LogP contribution is 2.34. The molecule has 2 heterocycles. The van der Waals surface area contributed by atoms with Crippen molar-refractivity contribution in [1.29, 1.82) is 0 Å². The zero-order valence-corrected chi connectivity index (χ0v) is 14.9. The molecule has 0 saturated carbocycles. The lowest BCUT2D eigenvalue weighted by molar-refractivity contribution is -0.116. The number of H-pyrrole nitrogens is 1. The van der Waals surface area contributed by atoms with Crippen LogP contribution in [-0.2, 0) is 11.2 Å². The summed E-state index contributed by atoms with van der Waals surface area (Å²) in [6, 6.07) is 11.2. The molecule has 2 N–H and O–H groups in total. The van der Waals surface area contributed by atoms with Crippen molar-refractivity contribution in [1.82, 2.24) is 15.0 Å². The maximum atomic E-state index is 13.1. The van der Waals surface area contributed by atoms with Gasteiger partial charge in [-0.15, -0.1) is 0 Å². The minimum atomic E-state index is -0.324. The molecule has 4 rings (SSSR count). The average Bonchev–Trinajstić information content (AvgIpc) is 3.24. The third-order valence-corrected chi connectivity index (χ3v) is 4.27. The highest BCUT2D eigenvalue weighted by molar-refractivity contribution is 6.04. The summed E-state index contributed by atoms with van der Waals surface area (Å²) in [5.74, 6) is 0.692. The molecule has 6 nitrogen and oxygen atoms in total. The van der Waals surface area contributed by atoms with E-state index in [0.717, 1.165) is 16.5 Å². The largest absolute Gasteiger partial charge is 0.457 e. The van der Waals surface area contributed by atoms with E-state index < -0.39 is 0 Å². The number of aryl methyl sites for hydroxylation is 1. The summed E-state index contributed by atoms with van der Waals surface area (Å²) in [7, 11) is 0. The molecule has 0 saturated heterocycles. The second-order valence-corrected chi connectivity index (χ2v) is 6.21. The van der Waals surface area contributed by atoms with Crippen molar-refractivity contribution >= 4 is 22.4 Å². The molecule has 0 spiro atoms. The first-order valence-corrected chi connectivity index (χ1v) is 8.76. The van der Waals surface area contributed by atoms with Gasteiger partial charge in [0.2, 0.25) is 5.91 Å². The molecule has 0 fully saturated rings. The van der Waals surface area contributed by atoms with Crippen LogP contribution in [-0.4, -0.2) is 20.9 Å². The Labute approximate surface area is 160 Å². The Morgan fingerprint density at radius 3 is 2.68 bits per heavy atom. The summed E-state index contributed by atoms with van der Waals surface area (Å²) in [4.78, 5) is 23.4. The summed E-state index contributed by atoms with van der Waals surface area (Å²) in [6.45, 7) is 0. The summed E-state index contributed by atoms with van der Waals surface area (Å²) < 4.78 is 19.0. The molecule has 4 aromatic rings. The Morgan fingerprint density at radius 2 is 1.89 bits per heavy atom. The van der Waals surface area contributed by atoms with Gasteiger partial charge in [0.25, 0.3) is 0 Å². The highest BCUT2D eigenvalue weighted by atomic mass is 19.1. The molecular formula is C21H17FN4O2. The smallest absolute Gasteiger partial charge is 0.224 e. The van der Waals surface area contributed by atoms with E-state index in [4.69, 9.17) is 4.74 Å². The van der Waals surface area contributed by atoms with Crippen LogP contribution in [0.1, 0.15) is 12.1 Å². The lowest BCUT2D eigenvalue weighted by Crippen LogP contribution is -2.12. The summed E-state index contributed by atoms with van der Waals surface area (Å²) in [6.07, 6.45) is 7.53. The Kier molecular flexibility index (Phi) is 4.97. The highest BCUT2D eigenvalue weighted by Gasteiger charge is 2.11. The maximum Gasteiger partial charge on any atom is 0.224 e. The number of fused-ring (bicyclic) bond motifs is 1. The molecule has 1 amide bonds. The third-order valence-electron chi connectivity index (χ3n) is 4.27. The van der Waals surface area contributed by atoms with Crippen LogP contribution in [0.25, 0.3) is 10.8 Å². The Bertz CT molecular complexity index is 1100. The van der Waals surface area contributed by atoms with Crippen LogP contribution in [0.4, 0.5) is 10.1 Å². The zero-order valence-electron chi connectivity index (χ0n) is 14.9. The van der Waals surface area contributed by atoms with Crippen molar-refractivity contribution in [2.75, 3.05) is 5.32 Å². The number of carbonyl (C=O) groups is 1. The molecule has 0 radical (unpaired) electrons.